The Bertz CT molecular complexity index is 343. The van der Waals surface area contributed by atoms with Crippen molar-refractivity contribution >= 4 is 11.9 Å². The molecule has 110 valence electrons. The van der Waals surface area contributed by atoms with E-state index >= 15 is 0 Å². The van der Waals surface area contributed by atoms with E-state index in [0.29, 0.717) is 13.2 Å². The van der Waals surface area contributed by atoms with Gasteiger partial charge in [-0.2, -0.15) is 0 Å². The number of hydrogen-bond donors (Lipinski definition) is 3. The summed E-state index contributed by atoms with van der Waals surface area (Å²) >= 11 is 0. The van der Waals surface area contributed by atoms with Crippen molar-refractivity contribution < 1.29 is 24.5 Å². The van der Waals surface area contributed by atoms with Crippen LogP contribution in [-0.4, -0.2) is 71.0 Å². The minimum atomic E-state index is -1.88. The van der Waals surface area contributed by atoms with E-state index in [1.165, 1.54) is 6.92 Å². The maximum atomic E-state index is 12.0. The first-order valence-corrected chi connectivity index (χ1v) is 6.32. The highest BCUT2D eigenvalue weighted by molar-refractivity contribution is 5.82. The molecule has 0 radical (unpaired) electrons. The second-order valence-electron chi connectivity index (χ2n) is 5.30. The minimum absolute atomic E-state index is 0.00346. The Balaban J connectivity index is 2.72. The molecule has 0 bridgehead atoms. The molecule has 3 N–H and O–H groups in total. The number of ether oxygens (including phenoxy) is 1. The lowest BCUT2D eigenvalue weighted by Crippen LogP contribution is -2.59. The summed E-state index contributed by atoms with van der Waals surface area (Å²) in [6, 6.07) is -0.571. The summed E-state index contributed by atoms with van der Waals surface area (Å²) in [5, 5.41) is 21.5. The quantitative estimate of drug-likeness (QED) is 0.597. The van der Waals surface area contributed by atoms with Gasteiger partial charge in [0.05, 0.1) is 13.2 Å². The van der Waals surface area contributed by atoms with Gasteiger partial charge in [-0.3, -0.25) is 9.69 Å². The van der Waals surface area contributed by atoms with Gasteiger partial charge in [0.1, 0.15) is 6.04 Å². The van der Waals surface area contributed by atoms with Crippen molar-refractivity contribution in [2.75, 3.05) is 26.3 Å². The van der Waals surface area contributed by atoms with E-state index < -0.39 is 17.6 Å². The number of morpholine rings is 1. The summed E-state index contributed by atoms with van der Waals surface area (Å²) < 4.78 is 5.26. The molecule has 7 nitrogen and oxygen atoms in total. The van der Waals surface area contributed by atoms with Crippen molar-refractivity contribution in [3.63, 3.8) is 0 Å². The Kier molecular flexibility index (Phi) is 5.28. The molecule has 0 saturated carbocycles. The third-order valence-electron chi connectivity index (χ3n) is 2.94. The summed E-state index contributed by atoms with van der Waals surface area (Å²) in [5.74, 6) is -1.52. The number of aliphatic hydroxyl groups is 1. The van der Waals surface area contributed by atoms with Crippen LogP contribution in [0, 0.1) is 0 Å². The van der Waals surface area contributed by atoms with Gasteiger partial charge in [-0.25, -0.2) is 4.79 Å². The summed E-state index contributed by atoms with van der Waals surface area (Å²) in [4.78, 5) is 24.6. The molecule has 1 aliphatic rings. The highest BCUT2D eigenvalue weighted by Gasteiger charge is 2.38. The molecule has 1 heterocycles. The zero-order chi connectivity index (χ0) is 14.6. The number of carboxylic acids is 1. The molecule has 0 spiro atoms. The number of rotatable bonds is 5. The van der Waals surface area contributed by atoms with Gasteiger partial charge in [0.25, 0.3) is 0 Å². The summed E-state index contributed by atoms with van der Waals surface area (Å²) in [6.45, 7) is 5.85. The van der Waals surface area contributed by atoms with Crippen LogP contribution in [0.25, 0.3) is 0 Å². The first kappa shape index (κ1) is 15.9. The number of carboxylic acid groups (broad SMARTS) is 1. The van der Waals surface area contributed by atoms with Crippen molar-refractivity contribution in [1.29, 1.82) is 0 Å². The summed E-state index contributed by atoms with van der Waals surface area (Å²) in [5.41, 5.74) is -1.88. The Morgan fingerprint density at radius 3 is 2.68 bits per heavy atom. The molecule has 0 aromatic carbocycles. The van der Waals surface area contributed by atoms with Crippen LogP contribution in [0.5, 0.6) is 0 Å². The fourth-order valence-corrected chi connectivity index (χ4v) is 1.91. The van der Waals surface area contributed by atoms with Crippen molar-refractivity contribution in [2.45, 2.75) is 38.5 Å². The lowest BCUT2D eigenvalue weighted by Gasteiger charge is -2.37. The molecule has 1 saturated heterocycles. The van der Waals surface area contributed by atoms with Crippen LogP contribution < -0.4 is 5.32 Å². The molecule has 7 heteroatoms. The Labute approximate surface area is 112 Å². The average molecular weight is 274 g/mol. The smallest absolute Gasteiger partial charge is 0.336 e. The maximum absolute atomic E-state index is 12.0. The SMILES string of the molecule is CC(C)NC(=O)C1COCCN1CC(C)(O)C(=O)O. The Morgan fingerprint density at radius 2 is 2.16 bits per heavy atom. The van der Waals surface area contributed by atoms with Gasteiger partial charge in [0.15, 0.2) is 5.60 Å². The molecule has 0 aliphatic carbocycles. The fraction of sp³-hybridized carbons (Fsp3) is 0.833. The van der Waals surface area contributed by atoms with Crippen molar-refractivity contribution in [1.82, 2.24) is 10.2 Å². The molecule has 19 heavy (non-hydrogen) atoms. The van der Waals surface area contributed by atoms with Gasteiger partial charge in [0.2, 0.25) is 5.91 Å². The topological polar surface area (TPSA) is 99.1 Å². The second-order valence-corrected chi connectivity index (χ2v) is 5.30. The van der Waals surface area contributed by atoms with E-state index in [0.717, 1.165) is 0 Å². The number of carbonyl (C=O) groups is 2. The molecule has 1 aliphatic heterocycles. The van der Waals surface area contributed by atoms with E-state index in [1.807, 2.05) is 13.8 Å². The third kappa shape index (κ3) is 4.45. The highest BCUT2D eigenvalue weighted by Crippen LogP contribution is 2.14. The predicted molar refractivity (Wildman–Crippen MR) is 67.7 cm³/mol. The molecule has 2 atom stereocenters. The van der Waals surface area contributed by atoms with Crippen LogP contribution in [0.15, 0.2) is 0 Å². The lowest BCUT2D eigenvalue weighted by atomic mass is 10.0. The van der Waals surface area contributed by atoms with Crippen molar-refractivity contribution in [2.24, 2.45) is 0 Å². The Morgan fingerprint density at radius 1 is 1.53 bits per heavy atom. The van der Waals surface area contributed by atoms with Crippen molar-refractivity contribution in [3.8, 4) is 0 Å². The van der Waals surface area contributed by atoms with E-state index in [2.05, 4.69) is 5.32 Å². The normalized spacial score (nSPS) is 23.9. The van der Waals surface area contributed by atoms with Gasteiger partial charge < -0.3 is 20.3 Å². The van der Waals surface area contributed by atoms with Crippen LogP contribution in [-0.2, 0) is 14.3 Å². The maximum Gasteiger partial charge on any atom is 0.336 e. The van der Waals surface area contributed by atoms with E-state index in [1.54, 1.807) is 4.90 Å². The minimum Gasteiger partial charge on any atom is -0.479 e. The third-order valence-corrected chi connectivity index (χ3v) is 2.94. The van der Waals surface area contributed by atoms with Gasteiger partial charge in [-0.05, 0) is 20.8 Å². The number of nitrogens with zero attached hydrogens (tertiary/aromatic N) is 1. The molecular formula is C12H22N2O5. The number of amides is 1. The van der Waals surface area contributed by atoms with Crippen LogP contribution in [0.4, 0.5) is 0 Å². The molecule has 0 aromatic heterocycles. The zero-order valence-electron chi connectivity index (χ0n) is 11.5. The molecule has 1 amide bonds. The first-order chi connectivity index (χ1) is 8.74. The van der Waals surface area contributed by atoms with E-state index in [9.17, 15) is 14.7 Å². The molecule has 0 aromatic rings. The number of β-amino-alcohol motifs (C(OH)–C–C–N with tert-alkyl or cyclic N) is 1. The monoisotopic (exact) mass is 274 g/mol. The van der Waals surface area contributed by atoms with Crippen LogP contribution in [0.3, 0.4) is 0 Å². The fourth-order valence-electron chi connectivity index (χ4n) is 1.91. The van der Waals surface area contributed by atoms with Gasteiger partial charge in [-0.1, -0.05) is 0 Å². The molecular weight excluding hydrogens is 252 g/mol. The largest absolute Gasteiger partial charge is 0.479 e. The number of carbonyl (C=O) groups excluding carboxylic acids is 1. The zero-order valence-corrected chi connectivity index (χ0v) is 11.5. The van der Waals surface area contributed by atoms with Gasteiger partial charge >= 0.3 is 5.97 Å². The standard InChI is InChI=1S/C12H22N2O5/c1-8(2)13-10(15)9-6-19-5-4-14(9)7-12(3,18)11(16)17/h8-9,18H,4-7H2,1-3H3,(H,13,15)(H,16,17). The van der Waals surface area contributed by atoms with Gasteiger partial charge in [-0.15, -0.1) is 0 Å². The molecule has 1 fully saturated rings. The molecule has 1 rings (SSSR count). The first-order valence-electron chi connectivity index (χ1n) is 6.32. The summed E-state index contributed by atoms with van der Waals surface area (Å²) in [6.07, 6.45) is 0. The average Bonchev–Trinajstić information content (AvgIpc) is 2.27. The molecule has 2 unspecified atom stereocenters. The number of hydrogen-bond acceptors (Lipinski definition) is 5. The second kappa shape index (κ2) is 6.31. The highest BCUT2D eigenvalue weighted by atomic mass is 16.5. The number of aliphatic carboxylic acids is 1. The predicted octanol–water partition coefficient (Wildman–Crippen LogP) is -0.953. The van der Waals surface area contributed by atoms with Crippen molar-refractivity contribution in [3.05, 3.63) is 0 Å². The van der Waals surface area contributed by atoms with Crippen LogP contribution in [0.1, 0.15) is 20.8 Å². The van der Waals surface area contributed by atoms with Crippen LogP contribution >= 0.6 is 0 Å². The van der Waals surface area contributed by atoms with Crippen LogP contribution in [0.2, 0.25) is 0 Å². The summed E-state index contributed by atoms with van der Waals surface area (Å²) in [7, 11) is 0. The lowest BCUT2D eigenvalue weighted by molar-refractivity contribution is -0.162. The van der Waals surface area contributed by atoms with E-state index in [4.69, 9.17) is 9.84 Å². The Hall–Kier alpha value is -1.18. The van der Waals surface area contributed by atoms with Gasteiger partial charge in [0, 0.05) is 19.1 Å². The number of nitrogens with one attached hydrogen (secondary N) is 1. The van der Waals surface area contributed by atoms with E-state index in [-0.39, 0.29) is 25.1 Å².